The Morgan fingerprint density at radius 1 is 0.840 bits per heavy atom. The lowest BCUT2D eigenvalue weighted by atomic mass is 10.1. The first-order valence-corrected chi connectivity index (χ1v) is 7.95. The van der Waals surface area contributed by atoms with E-state index in [1.165, 1.54) is 0 Å². The van der Waals surface area contributed by atoms with E-state index in [9.17, 15) is 14.4 Å². The Bertz CT molecular complexity index is 752. The standard InChI is InChI=1S/C19H17NO5/c21-17(25-12-6-11-24-14-7-2-1-3-8-14)13-20-18(22)15-9-4-5-10-16(15)19(20)23/h1-5,7-10H,6,11-13H2. The third-order valence-electron chi connectivity index (χ3n) is 3.73. The van der Waals surface area contributed by atoms with Crippen molar-refractivity contribution in [2.24, 2.45) is 0 Å². The van der Waals surface area contributed by atoms with Crippen LogP contribution < -0.4 is 4.74 Å². The molecule has 2 amide bonds. The van der Waals surface area contributed by atoms with Crippen molar-refractivity contribution in [1.82, 2.24) is 4.90 Å². The van der Waals surface area contributed by atoms with Crippen molar-refractivity contribution in [1.29, 1.82) is 0 Å². The van der Waals surface area contributed by atoms with Gasteiger partial charge in [-0.25, -0.2) is 0 Å². The van der Waals surface area contributed by atoms with Gasteiger partial charge >= 0.3 is 5.97 Å². The minimum absolute atomic E-state index is 0.162. The van der Waals surface area contributed by atoms with Crippen LogP contribution in [0.25, 0.3) is 0 Å². The number of carbonyl (C=O) groups excluding carboxylic acids is 3. The highest BCUT2D eigenvalue weighted by Gasteiger charge is 2.36. The molecule has 0 aliphatic carbocycles. The molecule has 2 aromatic rings. The SMILES string of the molecule is O=C(CN1C(=O)c2ccccc2C1=O)OCCCOc1ccccc1. The van der Waals surface area contributed by atoms with Gasteiger partial charge in [0.2, 0.25) is 0 Å². The summed E-state index contributed by atoms with van der Waals surface area (Å²) in [6.45, 7) is 0.186. The van der Waals surface area contributed by atoms with Gasteiger partial charge in [0.05, 0.1) is 24.3 Å². The van der Waals surface area contributed by atoms with Crippen LogP contribution >= 0.6 is 0 Å². The summed E-state index contributed by atoms with van der Waals surface area (Å²) in [7, 11) is 0. The molecule has 0 saturated carbocycles. The van der Waals surface area contributed by atoms with Gasteiger partial charge in [0, 0.05) is 6.42 Å². The van der Waals surface area contributed by atoms with Crippen molar-refractivity contribution in [2.75, 3.05) is 19.8 Å². The fraction of sp³-hybridized carbons (Fsp3) is 0.211. The number of esters is 1. The second-order valence-electron chi connectivity index (χ2n) is 5.48. The minimum atomic E-state index is -0.616. The number of amides is 2. The van der Waals surface area contributed by atoms with E-state index in [1.807, 2.05) is 30.3 Å². The van der Waals surface area contributed by atoms with E-state index in [4.69, 9.17) is 9.47 Å². The number of benzene rings is 2. The Morgan fingerprint density at radius 3 is 2.08 bits per heavy atom. The van der Waals surface area contributed by atoms with E-state index in [-0.39, 0.29) is 13.2 Å². The summed E-state index contributed by atoms with van der Waals surface area (Å²) < 4.78 is 10.6. The maximum Gasteiger partial charge on any atom is 0.326 e. The Morgan fingerprint density at radius 2 is 1.44 bits per heavy atom. The maximum absolute atomic E-state index is 12.2. The number of hydrogen-bond donors (Lipinski definition) is 0. The summed E-state index contributed by atoms with van der Waals surface area (Å²) in [5.41, 5.74) is 0.633. The fourth-order valence-electron chi connectivity index (χ4n) is 2.51. The first kappa shape index (κ1) is 16.7. The maximum atomic E-state index is 12.2. The van der Waals surface area contributed by atoms with Crippen LogP contribution in [0, 0.1) is 0 Å². The van der Waals surface area contributed by atoms with E-state index in [1.54, 1.807) is 24.3 Å². The van der Waals surface area contributed by atoms with Crippen molar-refractivity contribution in [2.45, 2.75) is 6.42 Å². The number of ether oxygens (including phenoxy) is 2. The molecule has 0 atom stereocenters. The van der Waals surface area contributed by atoms with Crippen LogP contribution in [0.2, 0.25) is 0 Å². The predicted molar refractivity (Wildman–Crippen MR) is 89.3 cm³/mol. The summed E-state index contributed by atoms with van der Waals surface area (Å²) in [6, 6.07) is 15.8. The molecule has 0 spiro atoms. The van der Waals surface area contributed by atoms with Gasteiger partial charge in [0.25, 0.3) is 11.8 Å². The predicted octanol–water partition coefficient (Wildman–Crippen LogP) is 2.29. The average molecular weight is 339 g/mol. The molecule has 0 saturated heterocycles. The molecular formula is C19H17NO5. The Hall–Kier alpha value is -3.15. The number of rotatable bonds is 7. The summed E-state index contributed by atoms with van der Waals surface area (Å²) >= 11 is 0. The van der Waals surface area contributed by atoms with E-state index < -0.39 is 17.8 Å². The van der Waals surface area contributed by atoms with Crippen molar-refractivity contribution >= 4 is 17.8 Å². The molecular weight excluding hydrogens is 322 g/mol. The highest BCUT2D eigenvalue weighted by atomic mass is 16.5. The van der Waals surface area contributed by atoms with Gasteiger partial charge in [0.15, 0.2) is 0 Å². The van der Waals surface area contributed by atoms with E-state index >= 15 is 0 Å². The van der Waals surface area contributed by atoms with Gasteiger partial charge in [0.1, 0.15) is 12.3 Å². The molecule has 128 valence electrons. The van der Waals surface area contributed by atoms with Crippen LogP contribution in [0.3, 0.4) is 0 Å². The van der Waals surface area contributed by atoms with Crippen molar-refractivity contribution < 1.29 is 23.9 Å². The molecule has 1 aliphatic heterocycles. The van der Waals surface area contributed by atoms with Gasteiger partial charge < -0.3 is 9.47 Å². The van der Waals surface area contributed by atoms with Crippen LogP contribution in [-0.4, -0.2) is 42.4 Å². The first-order chi connectivity index (χ1) is 12.2. The number of imide groups is 1. The lowest BCUT2D eigenvalue weighted by Gasteiger charge is -2.13. The lowest BCUT2D eigenvalue weighted by molar-refractivity contribution is -0.144. The molecule has 0 aromatic heterocycles. The third-order valence-corrected chi connectivity index (χ3v) is 3.73. The molecule has 6 nitrogen and oxygen atoms in total. The number of para-hydroxylation sites is 1. The molecule has 0 unspecified atom stereocenters. The summed E-state index contributed by atoms with van der Waals surface area (Å²) in [5, 5.41) is 0. The highest BCUT2D eigenvalue weighted by molar-refractivity contribution is 6.22. The first-order valence-electron chi connectivity index (χ1n) is 7.95. The fourth-order valence-corrected chi connectivity index (χ4v) is 2.51. The normalized spacial score (nSPS) is 12.9. The number of carbonyl (C=O) groups is 3. The minimum Gasteiger partial charge on any atom is -0.493 e. The second-order valence-corrected chi connectivity index (χ2v) is 5.48. The van der Waals surface area contributed by atoms with Crippen LogP contribution in [0.4, 0.5) is 0 Å². The number of hydrogen-bond acceptors (Lipinski definition) is 5. The quantitative estimate of drug-likeness (QED) is 0.440. The second kappa shape index (κ2) is 7.61. The Balaban J connectivity index is 1.41. The average Bonchev–Trinajstić information content (AvgIpc) is 2.88. The number of fused-ring (bicyclic) bond motifs is 1. The van der Waals surface area contributed by atoms with Gasteiger partial charge in [-0.1, -0.05) is 30.3 Å². The van der Waals surface area contributed by atoms with Crippen molar-refractivity contribution in [3.8, 4) is 5.75 Å². The van der Waals surface area contributed by atoms with Gasteiger partial charge in [-0.15, -0.1) is 0 Å². The van der Waals surface area contributed by atoms with Gasteiger partial charge in [-0.3, -0.25) is 19.3 Å². The van der Waals surface area contributed by atoms with Gasteiger partial charge in [-0.2, -0.15) is 0 Å². The molecule has 0 radical (unpaired) electrons. The molecule has 25 heavy (non-hydrogen) atoms. The summed E-state index contributed by atoms with van der Waals surface area (Å²) in [5.74, 6) is -0.802. The van der Waals surface area contributed by atoms with E-state index in [0.29, 0.717) is 24.2 Å². The van der Waals surface area contributed by atoms with E-state index in [2.05, 4.69) is 0 Å². The van der Waals surface area contributed by atoms with Crippen molar-refractivity contribution in [3.63, 3.8) is 0 Å². The molecule has 6 heteroatoms. The monoisotopic (exact) mass is 339 g/mol. The van der Waals surface area contributed by atoms with Crippen LogP contribution in [0.1, 0.15) is 27.1 Å². The Labute approximate surface area is 145 Å². The van der Waals surface area contributed by atoms with Crippen LogP contribution in [0.5, 0.6) is 5.75 Å². The zero-order valence-corrected chi connectivity index (χ0v) is 13.5. The largest absolute Gasteiger partial charge is 0.493 e. The van der Waals surface area contributed by atoms with Crippen LogP contribution in [-0.2, 0) is 9.53 Å². The third kappa shape index (κ3) is 3.85. The molecule has 0 bridgehead atoms. The summed E-state index contributed by atoms with van der Waals surface area (Å²) in [4.78, 5) is 37.1. The highest BCUT2D eigenvalue weighted by Crippen LogP contribution is 2.22. The zero-order valence-electron chi connectivity index (χ0n) is 13.5. The van der Waals surface area contributed by atoms with Gasteiger partial charge in [-0.05, 0) is 24.3 Å². The molecule has 0 N–H and O–H groups in total. The molecule has 1 aliphatic rings. The topological polar surface area (TPSA) is 72.9 Å². The molecule has 1 heterocycles. The molecule has 3 rings (SSSR count). The molecule has 0 fully saturated rings. The van der Waals surface area contributed by atoms with Crippen LogP contribution in [0.15, 0.2) is 54.6 Å². The number of nitrogens with zero attached hydrogens (tertiary/aromatic N) is 1. The van der Waals surface area contributed by atoms with Crippen molar-refractivity contribution in [3.05, 3.63) is 65.7 Å². The molecule has 2 aromatic carbocycles. The smallest absolute Gasteiger partial charge is 0.326 e. The summed E-state index contributed by atoms with van der Waals surface area (Å²) in [6.07, 6.45) is 0.517. The van der Waals surface area contributed by atoms with E-state index in [0.717, 1.165) is 10.6 Å². The lowest BCUT2D eigenvalue weighted by Crippen LogP contribution is -2.35. The zero-order chi connectivity index (χ0) is 17.6. The Kier molecular flexibility index (Phi) is 5.09.